The molecule has 1 amide bonds. The Morgan fingerprint density at radius 3 is 2.32 bits per heavy atom. The van der Waals surface area contributed by atoms with Crippen molar-refractivity contribution in [1.29, 1.82) is 0 Å². The summed E-state index contributed by atoms with van der Waals surface area (Å²) < 4.78 is 25.6. The molecule has 0 spiro atoms. The molecule has 2 aliphatic rings. The van der Waals surface area contributed by atoms with Gasteiger partial charge < -0.3 is 9.80 Å². The molecule has 2 aromatic rings. The lowest BCUT2D eigenvalue weighted by molar-refractivity contribution is -0.137. The summed E-state index contributed by atoms with van der Waals surface area (Å²) in [6, 6.07) is 11.8. The van der Waals surface area contributed by atoms with Crippen LogP contribution in [0.25, 0.3) is 11.4 Å². The fourth-order valence-corrected chi connectivity index (χ4v) is 5.36. The zero-order chi connectivity index (χ0) is 21.8. The number of benzene rings is 1. The SMILES string of the molecule is CCS(=O)(=O)N1CCC(C(=O)N2CCN(c3ccnc(-c4ccccc4)n3)CC2)CC1. The highest BCUT2D eigenvalue weighted by molar-refractivity contribution is 7.89. The summed E-state index contributed by atoms with van der Waals surface area (Å²) >= 11 is 0. The lowest BCUT2D eigenvalue weighted by Gasteiger charge is -2.38. The van der Waals surface area contributed by atoms with Crippen LogP contribution in [0, 0.1) is 5.92 Å². The molecule has 9 heteroatoms. The molecule has 8 nitrogen and oxygen atoms in total. The van der Waals surface area contributed by atoms with Gasteiger partial charge in [0.2, 0.25) is 15.9 Å². The van der Waals surface area contributed by atoms with E-state index in [9.17, 15) is 13.2 Å². The van der Waals surface area contributed by atoms with E-state index < -0.39 is 10.0 Å². The summed E-state index contributed by atoms with van der Waals surface area (Å²) in [5, 5.41) is 0. The number of sulfonamides is 1. The van der Waals surface area contributed by atoms with Gasteiger partial charge in [0.1, 0.15) is 5.82 Å². The largest absolute Gasteiger partial charge is 0.353 e. The van der Waals surface area contributed by atoms with E-state index in [0.717, 1.165) is 24.5 Å². The van der Waals surface area contributed by atoms with Crippen LogP contribution in [-0.4, -0.2) is 78.5 Å². The highest BCUT2D eigenvalue weighted by Gasteiger charge is 2.33. The zero-order valence-electron chi connectivity index (χ0n) is 17.9. The Bertz CT molecular complexity index is 999. The summed E-state index contributed by atoms with van der Waals surface area (Å²) in [5.74, 6) is 1.76. The molecule has 31 heavy (non-hydrogen) atoms. The second-order valence-electron chi connectivity index (χ2n) is 7.99. The smallest absolute Gasteiger partial charge is 0.225 e. The molecule has 1 aromatic heterocycles. The molecule has 0 saturated carbocycles. The summed E-state index contributed by atoms with van der Waals surface area (Å²) in [6.07, 6.45) is 2.98. The Morgan fingerprint density at radius 1 is 1.00 bits per heavy atom. The molecular weight excluding hydrogens is 414 g/mol. The van der Waals surface area contributed by atoms with Gasteiger partial charge in [-0.25, -0.2) is 22.7 Å². The number of piperidine rings is 1. The summed E-state index contributed by atoms with van der Waals surface area (Å²) in [5.41, 5.74) is 0.981. The van der Waals surface area contributed by atoms with Crippen LogP contribution in [0.3, 0.4) is 0 Å². The Morgan fingerprint density at radius 2 is 1.68 bits per heavy atom. The Kier molecular flexibility index (Phi) is 6.52. The quantitative estimate of drug-likeness (QED) is 0.701. The third-order valence-corrected chi connectivity index (χ3v) is 8.03. The van der Waals surface area contributed by atoms with Crippen molar-refractivity contribution in [2.24, 2.45) is 5.92 Å². The van der Waals surface area contributed by atoms with Crippen LogP contribution in [0.1, 0.15) is 19.8 Å². The van der Waals surface area contributed by atoms with Crippen molar-refractivity contribution in [3.8, 4) is 11.4 Å². The minimum absolute atomic E-state index is 0.0846. The van der Waals surface area contributed by atoms with Crippen molar-refractivity contribution in [2.45, 2.75) is 19.8 Å². The maximum atomic E-state index is 13.0. The topological polar surface area (TPSA) is 86.7 Å². The molecule has 2 saturated heterocycles. The van der Waals surface area contributed by atoms with Gasteiger partial charge in [0.05, 0.1) is 5.75 Å². The average molecular weight is 444 g/mol. The number of rotatable bonds is 5. The first-order chi connectivity index (χ1) is 15.0. The first-order valence-corrected chi connectivity index (χ1v) is 12.5. The van der Waals surface area contributed by atoms with E-state index >= 15 is 0 Å². The molecular formula is C22H29N5O3S. The Balaban J connectivity index is 1.33. The molecule has 0 atom stereocenters. The number of aromatic nitrogens is 2. The highest BCUT2D eigenvalue weighted by Crippen LogP contribution is 2.24. The highest BCUT2D eigenvalue weighted by atomic mass is 32.2. The van der Waals surface area contributed by atoms with Crippen LogP contribution in [-0.2, 0) is 14.8 Å². The molecule has 3 heterocycles. The van der Waals surface area contributed by atoms with Crippen LogP contribution < -0.4 is 4.90 Å². The standard InChI is InChI=1S/C22H29N5O3S/c1-2-31(29,30)27-12-9-19(10-13-27)22(28)26-16-14-25(15-17-26)20-8-11-23-21(24-20)18-6-4-3-5-7-18/h3-8,11,19H,2,9-10,12-17H2,1H3. The second kappa shape index (κ2) is 9.32. The van der Waals surface area contributed by atoms with Crippen molar-refractivity contribution >= 4 is 21.7 Å². The fraction of sp³-hybridized carbons (Fsp3) is 0.500. The normalized spacial score (nSPS) is 18.9. The van der Waals surface area contributed by atoms with E-state index in [1.165, 1.54) is 4.31 Å². The summed E-state index contributed by atoms with van der Waals surface area (Å²) in [4.78, 5) is 26.2. The number of carbonyl (C=O) groups excluding carboxylic acids is 1. The number of nitrogens with zero attached hydrogens (tertiary/aromatic N) is 5. The first kappa shape index (κ1) is 21.7. The minimum atomic E-state index is -3.17. The van der Waals surface area contributed by atoms with E-state index in [4.69, 9.17) is 4.98 Å². The molecule has 1 aromatic carbocycles. The monoisotopic (exact) mass is 443 g/mol. The molecule has 0 N–H and O–H groups in total. The molecule has 0 unspecified atom stereocenters. The predicted molar refractivity (Wildman–Crippen MR) is 120 cm³/mol. The van der Waals surface area contributed by atoms with E-state index in [-0.39, 0.29) is 17.6 Å². The van der Waals surface area contributed by atoms with Crippen LogP contribution >= 0.6 is 0 Å². The van der Waals surface area contributed by atoms with E-state index in [1.807, 2.05) is 41.3 Å². The number of hydrogen-bond donors (Lipinski definition) is 0. The number of piperazine rings is 1. The van der Waals surface area contributed by atoms with Gasteiger partial charge in [-0.3, -0.25) is 4.79 Å². The van der Waals surface area contributed by atoms with E-state index in [1.54, 1.807) is 13.1 Å². The van der Waals surface area contributed by atoms with Crippen LogP contribution in [0.15, 0.2) is 42.6 Å². The Hall–Kier alpha value is -2.52. The molecule has 0 radical (unpaired) electrons. The number of carbonyl (C=O) groups is 1. The molecule has 2 aliphatic heterocycles. The molecule has 4 rings (SSSR count). The predicted octanol–water partition coefficient (Wildman–Crippen LogP) is 1.85. The maximum Gasteiger partial charge on any atom is 0.225 e. The van der Waals surface area contributed by atoms with Gasteiger partial charge >= 0.3 is 0 Å². The molecule has 166 valence electrons. The van der Waals surface area contributed by atoms with Crippen LogP contribution in [0.2, 0.25) is 0 Å². The van der Waals surface area contributed by atoms with Gasteiger partial charge in [-0.2, -0.15) is 0 Å². The van der Waals surface area contributed by atoms with Crippen molar-refractivity contribution < 1.29 is 13.2 Å². The molecule has 0 aliphatic carbocycles. The lowest BCUT2D eigenvalue weighted by Crippen LogP contribution is -2.52. The van der Waals surface area contributed by atoms with Gasteiger partial charge in [0, 0.05) is 56.9 Å². The average Bonchev–Trinajstić information content (AvgIpc) is 2.84. The van der Waals surface area contributed by atoms with Gasteiger partial charge in [-0.15, -0.1) is 0 Å². The van der Waals surface area contributed by atoms with Gasteiger partial charge in [-0.05, 0) is 25.8 Å². The van der Waals surface area contributed by atoms with Gasteiger partial charge in [0.25, 0.3) is 0 Å². The minimum Gasteiger partial charge on any atom is -0.353 e. The molecule has 2 fully saturated rings. The third-order valence-electron chi connectivity index (χ3n) is 6.15. The van der Waals surface area contributed by atoms with Crippen LogP contribution in [0.4, 0.5) is 5.82 Å². The fourth-order valence-electron chi connectivity index (χ4n) is 4.23. The van der Waals surface area contributed by atoms with Gasteiger partial charge in [0.15, 0.2) is 5.82 Å². The Labute approximate surface area is 183 Å². The van der Waals surface area contributed by atoms with Crippen molar-refractivity contribution in [3.63, 3.8) is 0 Å². The second-order valence-corrected chi connectivity index (χ2v) is 10.2. The van der Waals surface area contributed by atoms with E-state index in [2.05, 4.69) is 9.88 Å². The van der Waals surface area contributed by atoms with Crippen molar-refractivity contribution in [3.05, 3.63) is 42.6 Å². The van der Waals surface area contributed by atoms with Crippen molar-refractivity contribution in [1.82, 2.24) is 19.2 Å². The number of amides is 1. The summed E-state index contributed by atoms with van der Waals surface area (Å²) in [6.45, 7) is 5.28. The maximum absolute atomic E-state index is 13.0. The third kappa shape index (κ3) is 4.88. The lowest BCUT2D eigenvalue weighted by atomic mass is 9.96. The molecule has 0 bridgehead atoms. The van der Waals surface area contributed by atoms with Gasteiger partial charge in [-0.1, -0.05) is 30.3 Å². The number of hydrogen-bond acceptors (Lipinski definition) is 6. The van der Waals surface area contributed by atoms with Crippen LogP contribution in [0.5, 0.6) is 0 Å². The number of anilines is 1. The van der Waals surface area contributed by atoms with E-state index in [0.29, 0.717) is 44.8 Å². The zero-order valence-corrected chi connectivity index (χ0v) is 18.7. The first-order valence-electron chi connectivity index (χ1n) is 10.9. The van der Waals surface area contributed by atoms with Crippen molar-refractivity contribution in [2.75, 3.05) is 49.9 Å². The summed E-state index contributed by atoms with van der Waals surface area (Å²) in [7, 11) is -3.17.